The number of benzene rings is 1. The van der Waals surface area contributed by atoms with Gasteiger partial charge in [-0.3, -0.25) is 4.79 Å². The first-order chi connectivity index (χ1) is 14.3. The Hall–Kier alpha value is -3.13. The van der Waals surface area contributed by atoms with E-state index in [1.54, 1.807) is 6.20 Å². The van der Waals surface area contributed by atoms with Gasteiger partial charge in [0.15, 0.2) is 5.76 Å². The van der Waals surface area contributed by atoms with Crippen LogP contribution < -0.4 is 9.80 Å². The molecular weight excluding hydrogens is 370 g/mol. The molecule has 3 aromatic rings. The Labute approximate surface area is 168 Å². The standard InChI is InChI=1S/C21H23N5O3/c27-20(18-15-16-3-1-2-4-17(16)29-18)25-9-7-24(8-10-25)19-5-6-22-21(23-19)26-11-13-28-14-12-26/h1-6,15H,7-14H2. The highest BCUT2D eigenvalue weighted by Gasteiger charge is 2.25. The van der Waals surface area contributed by atoms with Crippen LogP contribution in [0.3, 0.4) is 0 Å². The van der Waals surface area contributed by atoms with Crippen molar-refractivity contribution in [2.24, 2.45) is 0 Å². The third-order valence-corrected chi connectivity index (χ3v) is 5.45. The number of amides is 1. The first-order valence-electron chi connectivity index (χ1n) is 9.96. The molecule has 2 fully saturated rings. The van der Waals surface area contributed by atoms with E-state index < -0.39 is 0 Å². The number of hydrogen-bond donors (Lipinski definition) is 0. The molecule has 2 saturated heterocycles. The lowest BCUT2D eigenvalue weighted by atomic mass is 10.2. The van der Waals surface area contributed by atoms with E-state index in [4.69, 9.17) is 14.1 Å². The molecule has 1 amide bonds. The summed E-state index contributed by atoms with van der Waals surface area (Å²) in [6.07, 6.45) is 1.80. The Bertz CT molecular complexity index is 973. The van der Waals surface area contributed by atoms with Crippen molar-refractivity contribution in [3.63, 3.8) is 0 Å². The number of piperazine rings is 1. The number of furan rings is 1. The minimum absolute atomic E-state index is 0.0578. The molecule has 0 N–H and O–H groups in total. The summed E-state index contributed by atoms with van der Waals surface area (Å²) in [4.78, 5) is 28.2. The number of para-hydroxylation sites is 1. The van der Waals surface area contributed by atoms with Gasteiger partial charge < -0.3 is 23.9 Å². The molecule has 8 heteroatoms. The molecule has 2 aliphatic heterocycles. The molecule has 2 aromatic heterocycles. The highest BCUT2D eigenvalue weighted by atomic mass is 16.5. The van der Waals surface area contributed by atoms with Gasteiger partial charge in [-0.2, -0.15) is 4.98 Å². The summed E-state index contributed by atoms with van der Waals surface area (Å²) < 4.78 is 11.1. The van der Waals surface area contributed by atoms with Crippen LogP contribution in [0, 0.1) is 0 Å². The van der Waals surface area contributed by atoms with Crippen LogP contribution >= 0.6 is 0 Å². The van der Waals surface area contributed by atoms with Gasteiger partial charge in [-0.05, 0) is 18.2 Å². The number of ether oxygens (including phenoxy) is 1. The van der Waals surface area contributed by atoms with Crippen LogP contribution in [0.5, 0.6) is 0 Å². The van der Waals surface area contributed by atoms with E-state index in [2.05, 4.69) is 14.8 Å². The number of anilines is 2. The fourth-order valence-corrected chi connectivity index (χ4v) is 3.81. The second-order valence-corrected chi connectivity index (χ2v) is 7.24. The van der Waals surface area contributed by atoms with Gasteiger partial charge in [-0.15, -0.1) is 0 Å². The van der Waals surface area contributed by atoms with Gasteiger partial charge in [0, 0.05) is 50.9 Å². The van der Waals surface area contributed by atoms with Gasteiger partial charge in [-0.25, -0.2) is 4.98 Å². The van der Waals surface area contributed by atoms with E-state index in [9.17, 15) is 4.79 Å². The van der Waals surface area contributed by atoms with Crippen molar-refractivity contribution >= 4 is 28.6 Å². The summed E-state index contributed by atoms with van der Waals surface area (Å²) in [5, 5.41) is 0.950. The highest BCUT2D eigenvalue weighted by molar-refractivity contribution is 5.96. The SMILES string of the molecule is O=C(c1cc2ccccc2o1)N1CCN(c2ccnc(N3CCOCC3)n2)CC1. The number of carbonyl (C=O) groups is 1. The van der Waals surface area contributed by atoms with Crippen molar-refractivity contribution in [3.05, 3.63) is 48.4 Å². The summed E-state index contributed by atoms with van der Waals surface area (Å²) in [5.41, 5.74) is 0.742. The lowest BCUT2D eigenvalue weighted by molar-refractivity contribution is 0.0717. The summed E-state index contributed by atoms with van der Waals surface area (Å²) in [6.45, 7) is 5.75. The van der Waals surface area contributed by atoms with Crippen molar-refractivity contribution in [2.45, 2.75) is 0 Å². The third kappa shape index (κ3) is 3.63. The summed E-state index contributed by atoms with van der Waals surface area (Å²) in [6, 6.07) is 11.4. The molecule has 0 radical (unpaired) electrons. The Balaban J connectivity index is 1.25. The zero-order chi connectivity index (χ0) is 19.6. The molecule has 29 heavy (non-hydrogen) atoms. The molecule has 0 saturated carbocycles. The van der Waals surface area contributed by atoms with Gasteiger partial charge in [0.25, 0.3) is 5.91 Å². The monoisotopic (exact) mass is 393 g/mol. The molecule has 0 spiro atoms. The maximum absolute atomic E-state index is 12.8. The van der Waals surface area contributed by atoms with E-state index in [0.29, 0.717) is 32.1 Å². The molecule has 4 heterocycles. The van der Waals surface area contributed by atoms with Gasteiger partial charge in [0.2, 0.25) is 5.95 Å². The quantitative estimate of drug-likeness (QED) is 0.674. The zero-order valence-electron chi connectivity index (χ0n) is 16.2. The second-order valence-electron chi connectivity index (χ2n) is 7.24. The maximum atomic E-state index is 12.8. The van der Waals surface area contributed by atoms with Crippen molar-refractivity contribution in [2.75, 3.05) is 62.3 Å². The highest BCUT2D eigenvalue weighted by Crippen LogP contribution is 2.22. The summed E-state index contributed by atoms with van der Waals surface area (Å²) in [5.74, 6) is 1.98. The summed E-state index contributed by atoms with van der Waals surface area (Å²) in [7, 11) is 0. The first kappa shape index (κ1) is 17.9. The molecule has 1 aromatic carbocycles. The van der Waals surface area contributed by atoms with Crippen molar-refractivity contribution in [1.29, 1.82) is 0 Å². The minimum atomic E-state index is -0.0578. The number of carbonyl (C=O) groups excluding carboxylic acids is 1. The van der Waals surface area contributed by atoms with E-state index in [0.717, 1.165) is 48.9 Å². The van der Waals surface area contributed by atoms with E-state index >= 15 is 0 Å². The van der Waals surface area contributed by atoms with Gasteiger partial charge in [-0.1, -0.05) is 18.2 Å². The topological polar surface area (TPSA) is 74.9 Å². The maximum Gasteiger partial charge on any atom is 0.289 e. The van der Waals surface area contributed by atoms with Crippen LogP contribution in [0.25, 0.3) is 11.0 Å². The van der Waals surface area contributed by atoms with Crippen molar-refractivity contribution in [3.8, 4) is 0 Å². The molecule has 0 aliphatic carbocycles. The Morgan fingerprint density at radius 2 is 1.72 bits per heavy atom. The Kier molecular flexibility index (Phi) is 4.77. The molecule has 8 nitrogen and oxygen atoms in total. The van der Waals surface area contributed by atoms with E-state index in [-0.39, 0.29) is 5.91 Å². The van der Waals surface area contributed by atoms with Gasteiger partial charge >= 0.3 is 0 Å². The van der Waals surface area contributed by atoms with Crippen LogP contribution in [-0.2, 0) is 4.74 Å². The van der Waals surface area contributed by atoms with Gasteiger partial charge in [0.05, 0.1) is 13.2 Å². The van der Waals surface area contributed by atoms with E-state index in [1.807, 2.05) is 41.3 Å². The number of hydrogen-bond acceptors (Lipinski definition) is 7. The fraction of sp³-hybridized carbons (Fsp3) is 0.381. The molecule has 0 atom stereocenters. The fourth-order valence-electron chi connectivity index (χ4n) is 3.81. The molecule has 150 valence electrons. The molecule has 2 aliphatic rings. The van der Waals surface area contributed by atoms with Crippen LogP contribution in [0.4, 0.5) is 11.8 Å². The predicted octanol–water partition coefficient (Wildman–Crippen LogP) is 2.02. The second kappa shape index (κ2) is 7.71. The number of morpholine rings is 1. The molecule has 0 bridgehead atoms. The van der Waals surface area contributed by atoms with Crippen LogP contribution in [0.1, 0.15) is 10.6 Å². The number of nitrogens with zero attached hydrogens (tertiary/aromatic N) is 5. The van der Waals surface area contributed by atoms with Crippen molar-refractivity contribution < 1.29 is 13.9 Å². The lowest BCUT2D eigenvalue weighted by Crippen LogP contribution is -2.49. The average Bonchev–Trinajstić information content (AvgIpc) is 3.24. The van der Waals surface area contributed by atoms with Crippen LogP contribution in [0.15, 0.2) is 47.0 Å². The Morgan fingerprint density at radius 3 is 2.52 bits per heavy atom. The van der Waals surface area contributed by atoms with Crippen LogP contribution in [0.2, 0.25) is 0 Å². The predicted molar refractivity (Wildman–Crippen MR) is 109 cm³/mol. The lowest BCUT2D eigenvalue weighted by Gasteiger charge is -2.35. The van der Waals surface area contributed by atoms with E-state index in [1.165, 1.54) is 0 Å². The van der Waals surface area contributed by atoms with Crippen molar-refractivity contribution in [1.82, 2.24) is 14.9 Å². The zero-order valence-corrected chi connectivity index (χ0v) is 16.2. The molecular formula is C21H23N5O3. The number of rotatable bonds is 3. The normalized spacial score (nSPS) is 17.7. The average molecular weight is 393 g/mol. The largest absolute Gasteiger partial charge is 0.451 e. The van der Waals surface area contributed by atoms with Gasteiger partial charge in [0.1, 0.15) is 11.4 Å². The third-order valence-electron chi connectivity index (χ3n) is 5.45. The number of fused-ring (bicyclic) bond motifs is 1. The summed E-state index contributed by atoms with van der Waals surface area (Å²) >= 11 is 0. The minimum Gasteiger partial charge on any atom is -0.451 e. The van der Waals surface area contributed by atoms with Crippen LogP contribution in [-0.4, -0.2) is 73.3 Å². The smallest absolute Gasteiger partial charge is 0.289 e. The molecule has 5 rings (SSSR count). The Morgan fingerprint density at radius 1 is 0.931 bits per heavy atom. The molecule has 0 unspecified atom stereocenters. The first-order valence-corrected chi connectivity index (χ1v) is 9.96. The number of aromatic nitrogens is 2.